The Bertz CT molecular complexity index is 945. The van der Waals surface area contributed by atoms with Crippen molar-refractivity contribution in [2.75, 3.05) is 20.2 Å². The van der Waals surface area contributed by atoms with Gasteiger partial charge >= 0.3 is 0 Å². The van der Waals surface area contributed by atoms with E-state index in [1.165, 1.54) is 17.0 Å². The van der Waals surface area contributed by atoms with Gasteiger partial charge in [-0.2, -0.15) is 0 Å². The Labute approximate surface area is 169 Å². The SMILES string of the molecule is COc1ccc(CN2C(=O)C(c3ccc(F)cc3)=C(N3CCCCC3)C2=O)cc1. The minimum Gasteiger partial charge on any atom is -0.497 e. The molecule has 0 bridgehead atoms. The van der Waals surface area contributed by atoms with E-state index in [0.29, 0.717) is 22.6 Å². The van der Waals surface area contributed by atoms with Crippen molar-refractivity contribution in [3.8, 4) is 5.75 Å². The van der Waals surface area contributed by atoms with Gasteiger partial charge in [-0.05, 0) is 54.7 Å². The van der Waals surface area contributed by atoms with Crippen molar-refractivity contribution in [2.24, 2.45) is 0 Å². The summed E-state index contributed by atoms with van der Waals surface area (Å²) >= 11 is 0. The highest BCUT2D eigenvalue weighted by molar-refractivity contribution is 6.35. The number of benzene rings is 2. The summed E-state index contributed by atoms with van der Waals surface area (Å²) in [6, 6.07) is 13.1. The van der Waals surface area contributed by atoms with Gasteiger partial charge in [-0.15, -0.1) is 0 Å². The minimum absolute atomic E-state index is 0.184. The van der Waals surface area contributed by atoms with Gasteiger partial charge in [0.15, 0.2) is 0 Å². The maximum absolute atomic E-state index is 13.4. The van der Waals surface area contributed by atoms with Gasteiger partial charge in [-0.3, -0.25) is 14.5 Å². The molecule has 0 aliphatic carbocycles. The first-order valence-electron chi connectivity index (χ1n) is 9.83. The number of ether oxygens (including phenoxy) is 1. The van der Waals surface area contributed by atoms with Crippen LogP contribution in [-0.2, 0) is 16.1 Å². The maximum atomic E-state index is 13.4. The molecule has 2 heterocycles. The molecule has 2 aromatic rings. The third-order valence-corrected chi connectivity index (χ3v) is 5.45. The number of carbonyl (C=O) groups is 2. The fourth-order valence-electron chi connectivity index (χ4n) is 3.91. The van der Waals surface area contributed by atoms with Gasteiger partial charge in [0.1, 0.15) is 17.3 Å². The zero-order valence-corrected chi connectivity index (χ0v) is 16.4. The number of rotatable bonds is 5. The Hall–Kier alpha value is -3.15. The average molecular weight is 394 g/mol. The number of piperidine rings is 1. The molecular weight excluding hydrogens is 371 g/mol. The van der Waals surface area contributed by atoms with Gasteiger partial charge in [0.25, 0.3) is 11.8 Å². The quantitative estimate of drug-likeness (QED) is 0.727. The van der Waals surface area contributed by atoms with Crippen molar-refractivity contribution in [3.63, 3.8) is 0 Å². The van der Waals surface area contributed by atoms with Gasteiger partial charge in [0.2, 0.25) is 0 Å². The number of halogens is 1. The molecule has 0 saturated carbocycles. The Kier molecular flexibility index (Phi) is 5.34. The lowest BCUT2D eigenvalue weighted by molar-refractivity contribution is -0.138. The number of carbonyl (C=O) groups excluding carboxylic acids is 2. The molecule has 2 amide bonds. The molecule has 0 spiro atoms. The first-order valence-corrected chi connectivity index (χ1v) is 9.83. The number of nitrogens with zero attached hydrogens (tertiary/aromatic N) is 2. The average Bonchev–Trinajstić information content (AvgIpc) is 3.00. The van der Waals surface area contributed by atoms with Gasteiger partial charge in [0.05, 0.1) is 19.2 Å². The third-order valence-electron chi connectivity index (χ3n) is 5.45. The molecule has 1 fully saturated rings. The molecule has 2 aromatic carbocycles. The van der Waals surface area contributed by atoms with E-state index < -0.39 is 0 Å². The van der Waals surface area contributed by atoms with Crippen LogP contribution in [0, 0.1) is 5.82 Å². The fourth-order valence-corrected chi connectivity index (χ4v) is 3.91. The second-order valence-electron chi connectivity index (χ2n) is 7.32. The molecule has 0 N–H and O–H groups in total. The molecule has 0 unspecified atom stereocenters. The maximum Gasteiger partial charge on any atom is 0.278 e. The van der Waals surface area contributed by atoms with Gasteiger partial charge in [0, 0.05) is 13.1 Å². The lowest BCUT2D eigenvalue weighted by atomic mass is 10.0. The van der Waals surface area contributed by atoms with E-state index in [1.54, 1.807) is 31.4 Å². The van der Waals surface area contributed by atoms with Crippen LogP contribution in [0.5, 0.6) is 5.75 Å². The zero-order chi connectivity index (χ0) is 20.4. The highest BCUT2D eigenvalue weighted by atomic mass is 19.1. The Balaban J connectivity index is 1.69. The first kappa shape index (κ1) is 19.2. The van der Waals surface area contributed by atoms with E-state index in [2.05, 4.69) is 0 Å². The molecule has 4 rings (SSSR count). The van der Waals surface area contributed by atoms with Crippen LogP contribution in [0.15, 0.2) is 54.2 Å². The van der Waals surface area contributed by atoms with Crippen molar-refractivity contribution in [2.45, 2.75) is 25.8 Å². The summed E-state index contributed by atoms with van der Waals surface area (Å²) in [5, 5.41) is 0. The second-order valence-corrected chi connectivity index (χ2v) is 7.32. The number of imide groups is 1. The molecule has 0 atom stereocenters. The summed E-state index contributed by atoms with van der Waals surface area (Å²) < 4.78 is 18.6. The molecule has 2 aliphatic rings. The first-order chi connectivity index (χ1) is 14.1. The predicted molar refractivity (Wildman–Crippen MR) is 107 cm³/mol. The molecule has 29 heavy (non-hydrogen) atoms. The molecule has 0 radical (unpaired) electrons. The summed E-state index contributed by atoms with van der Waals surface area (Å²) in [6.45, 7) is 1.68. The number of methoxy groups -OCH3 is 1. The van der Waals surface area contributed by atoms with Gasteiger partial charge in [-0.25, -0.2) is 4.39 Å². The number of amides is 2. The summed E-state index contributed by atoms with van der Waals surface area (Å²) in [5.74, 6) is -0.280. The monoisotopic (exact) mass is 394 g/mol. The molecule has 5 nitrogen and oxygen atoms in total. The van der Waals surface area contributed by atoms with Crippen molar-refractivity contribution < 1.29 is 18.7 Å². The Morgan fingerprint density at radius 2 is 1.55 bits per heavy atom. The van der Waals surface area contributed by atoms with Crippen LogP contribution in [0.3, 0.4) is 0 Å². The molecule has 150 valence electrons. The summed E-state index contributed by atoms with van der Waals surface area (Å²) in [5.41, 5.74) is 2.22. The lowest BCUT2D eigenvalue weighted by Gasteiger charge is -2.29. The predicted octanol–water partition coefficient (Wildman–Crippen LogP) is 3.60. The lowest BCUT2D eigenvalue weighted by Crippen LogP contribution is -2.36. The van der Waals surface area contributed by atoms with Gasteiger partial charge in [-0.1, -0.05) is 24.3 Å². The van der Waals surface area contributed by atoms with E-state index in [-0.39, 0.29) is 24.2 Å². The summed E-state index contributed by atoms with van der Waals surface area (Å²) in [4.78, 5) is 29.9. The highest BCUT2D eigenvalue weighted by Crippen LogP contribution is 2.34. The van der Waals surface area contributed by atoms with E-state index in [9.17, 15) is 14.0 Å². The number of hydrogen-bond acceptors (Lipinski definition) is 4. The summed E-state index contributed by atoms with van der Waals surface area (Å²) in [6.07, 6.45) is 3.09. The Morgan fingerprint density at radius 3 is 2.17 bits per heavy atom. The van der Waals surface area contributed by atoms with Crippen LogP contribution in [0.2, 0.25) is 0 Å². The van der Waals surface area contributed by atoms with Gasteiger partial charge < -0.3 is 9.64 Å². The van der Waals surface area contributed by atoms with E-state index in [0.717, 1.165) is 37.9 Å². The van der Waals surface area contributed by atoms with Crippen molar-refractivity contribution in [1.82, 2.24) is 9.80 Å². The largest absolute Gasteiger partial charge is 0.497 e. The normalized spacial score (nSPS) is 17.3. The molecule has 0 aromatic heterocycles. The topological polar surface area (TPSA) is 49.9 Å². The molecular formula is C23H23FN2O3. The van der Waals surface area contributed by atoms with Crippen LogP contribution >= 0.6 is 0 Å². The molecule has 1 saturated heterocycles. The number of likely N-dealkylation sites (tertiary alicyclic amines) is 1. The molecule has 2 aliphatic heterocycles. The zero-order valence-electron chi connectivity index (χ0n) is 16.4. The van der Waals surface area contributed by atoms with Crippen LogP contribution < -0.4 is 4.74 Å². The fraction of sp³-hybridized carbons (Fsp3) is 0.304. The van der Waals surface area contributed by atoms with E-state index >= 15 is 0 Å². The van der Waals surface area contributed by atoms with Crippen molar-refractivity contribution >= 4 is 17.4 Å². The smallest absolute Gasteiger partial charge is 0.278 e. The Morgan fingerprint density at radius 1 is 0.897 bits per heavy atom. The third kappa shape index (κ3) is 3.75. The van der Waals surface area contributed by atoms with Crippen LogP contribution in [0.4, 0.5) is 4.39 Å². The van der Waals surface area contributed by atoms with Crippen molar-refractivity contribution in [1.29, 1.82) is 0 Å². The van der Waals surface area contributed by atoms with Crippen LogP contribution in [0.25, 0.3) is 5.57 Å². The minimum atomic E-state index is -0.374. The second kappa shape index (κ2) is 8.07. The summed E-state index contributed by atoms with van der Waals surface area (Å²) in [7, 11) is 1.59. The highest BCUT2D eigenvalue weighted by Gasteiger charge is 2.41. The standard InChI is InChI=1S/C23H23FN2O3/c1-29-19-11-5-16(6-12-19)15-26-22(27)20(17-7-9-18(24)10-8-17)21(23(26)28)25-13-3-2-4-14-25/h5-12H,2-4,13-15H2,1H3. The van der Waals surface area contributed by atoms with E-state index in [4.69, 9.17) is 4.74 Å². The van der Waals surface area contributed by atoms with Crippen LogP contribution in [-0.4, -0.2) is 41.8 Å². The molecule has 6 heteroatoms. The number of hydrogen-bond donors (Lipinski definition) is 0. The van der Waals surface area contributed by atoms with Crippen LogP contribution in [0.1, 0.15) is 30.4 Å². The van der Waals surface area contributed by atoms with Crippen molar-refractivity contribution in [3.05, 3.63) is 71.2 Å². The van der Waals surface area contributed by atoms with E-state index in [1.807, 2.05) is 17.0 Å².